The number of ether oxygens (including phenoxy) is 1. The maximum atomic E-state index is 12.7. The van der Waals surface area contributed by atoms with Gasteiger partial charge in [-0.25, -0.2) is 9.97 Å². The molecule has 1 aliphatic heterocycles. The lowest BCUT2D eigenvalue weighted by molar-refractivity contribution is -0.133. The molecule has 0 spiro atoms. The SMILES string of the molecule is COc1ccc(CNC(=O)CC2CN(c3nc(-n4ccnc4)ncc3Cl)CCN2C(C)=O)cc1. The minimum atomic E-state index is -0.315. The number of anilines is 1. The number of carbonyl (C=O) groups excluding carboxylic acids is 2. The Hall–Kier alpha value is -3.66. The molecule has 2 amide bonds. The Morgan fingerprint density at radius 2 is 2.03 bits per heavy atom. The van der Waals surface area contributed by atoms with Crippen molar-refractivity contribution in [1.29, 1.82) is 0 Å². The predicted molar refractivity (Wildman–Crippen MR) is 127 cm³/mol. The highest BCUT2D eigenvalue weighted by Gasteiger charge is 2.32. The van der Waals surface area contributed by atoms with Crippen molar-refractivity contribution in [2.45, 2.75) is 25.9 Å². The van der Waals surface area contributed by atoms with Gasteiger partial charge in [-0.15, -0.1) is 0 Å². The van der Waals surface area contributed by atoms with Gasteiger partial charge in [0.25, 0.3) is 0 Å². The molecule has 3 aromatic rings. The summed E-state index contributed by atoms with van der Waals surface area (Å²) in [6, 6.07) is 7.18. The van der Waals surface area contributed by atoms with Crippen LogP contribution in [0.4, 0.5) is 5.82 Å². The summed E-state index contributed by atoms with van der Waals surface area (Å²) in [4.78, 5) is 41.6. The molecule has 1 N–H and O–H groups in total. The Morgan fingerprint density at radius 3 is 2.71 bits per heavy atom. The highest BCUT2D eigenvalue weighted by Crippen LogP contribution is 2.27. The summed E-state index contributed by atoms with van der Waals surface area (Å²) < 4.78 is 6.85. The summed E-state index contributed by atoms with van der Waals surface area (Å²) in [7, 11) is 1.61. The largest absolute Gasteiger partial charge is 0.497 e. The second-order valence-corrected chi connectivity index (χ2v) is 8.36. The monoisotopic (exact) mass is 483 g/mol. The number of carbonyl (C=O) groups is 2. The van der Waals surface area contributed by atoms with E-state index in [1.165, 1.54) is 6.92 Å². The highest BCUT2D eigenvalue weighted by atomic mass is 35.5. The molecular weight excluding hydrogens is 458 g/mol. The second-order valence-electron chi connectivity index (χ2n) is 7.95. The van der Waals surface area contributed by atoms with Gasteiger partial charge in [0.1, 0.15) is 17.1 Å². The molecule has 0 saturated carbocycles. The Morgan fingerprint density at radius 1 is 1.24 bits per heavy atom. The summed E-state index contributed by atoms with van der Waals surface area (Å²) >= 11 is 6.42. The van der Waals surface area contributed by atoms with E-state index in [2.05, 4.69) is 20.3 Å². The molecular formula is C23H26ClN7O3. The summed E-state index contributed by atoms with van der Waals surface area (Å²) in [5, 5.41) is 3.34. The third-order valence-corrected chi connectivity index (χ3v) is 5.97. The molecule has 0 radical (unpaired) electrons. The van der Waals surface area contributed by atoms with E-state index < -0.39 is 0 Å². The smallest absolute Gasteiger partial charge is 0.236 e. The van der Waals surface area contributed by atoms with Crippen molar-refractivity contribution in [3.05, 3.63) is 59.8 Å². The molecule has 34 heavy (non-hydrogen) atoms. The van der Waals surface area contributed by atoms with E-state index in [1.54, 1.807) is 41.5 Å². The number of benzene rings is 1. The molecule has 1 atom stereocenters. The van der Waals surface area contributed by atoms with Crippen LogP contribution in [0.2, 0.25) is 5.02 Å². The van der Waals surface area contributed by atoms with E-state index in [9.17, 15) is 9.59 Å². The average Bonchev–Trinajstić information content (AvgIpc) is 3.38. The van der Waals surface area contributed by atoms with Gasteiger partial charge in [0, 0.05) is 51.9 Å². The lowest BCUT2D eigenvalue weighted by Crippen LogP contribution is -2.56. The van der Waals surface area contributed by atoms with Gasteiger partial charge < -0.3 is 19.9 Å². The lowest BCUT2D eigenvalue weighted by atomic mass is 10.1. The van der Waals surface area contributed by atoms with Crippen LogP contribution in [0.25, 0.3) is 5.95 Å². The van der Waals surface area contributed by atoms with Gasteiger partial charge in [-0.1, -0.05) is 23.7 Å². The van der Waals surface area contributed by atoms with Gasteiger partial charge in [0.05, 0.1) is 19.3 Å². The molecule has 1 aromatic carbocycles. The van der Waals surface area contributed by atoms with Crippen LogP contribution in [-0.4, -0.2) is 69.0 Å². The third kappa shape index (κ3) is 5.45. The third-order valence-electron chi connectivity index (χ3n) is 5.70. The van der Waals surface area contributed by atoms with Crippen molar-refractivity contribution in [3.63, 3.8) is 0 Å². The number of halogens is 1. The summed E-state index contributed by atoms with van der Waals surface area (Å²) in [5.74, 6) is 1.56. The van der Waals surface area contributed by atoms with Gasteiger partial charge >= 0.3 is 0 Å². The minimum absolute atomic E-state index is 0.0690. The molecule has 4 rings (SSSR count). The molecule has 1 aliphatic rings. The van der Waals surface area contributed by atoms with Crippen LogP contribution in [0, 0.1) is 0 Å². The minimum Gasteiger partial charge on any atom is -0.497 e. The van der Waals surface area contributed by atoms with Crippen molar-refractivity contribution < 1.29 is 14.3 Å². The number of amides is 2. The number of hydrogen-bond acceptors (Lipinski definition) is 7. The van der Waals surface area contributed by atoms with Crippen LogP contribution in [0.5, 0.6) is 5.75 Å². The molecule has 1 fully saturated rings. The fourth-order valence-electron chi connectivity index (χ4n) is 3.94. The molecule has 178 valence electrons. The Kier molecular flexibility index (Phi) is 7.27. The maximum absolute atomic E-state index is 12.7. The first-order valence-corrected chi connectivity index (χ1v) is 11.2. The zero-order valence-electron chi connectivity index (χ0n) is 19.0. The van der Waals surface area contributed by atoms with Crippen molar-refractivity contribution in [2.24, 2.45) is 0 Å². The quantitative estimate of drug-likeness (QED) is 0.548. The maximum Gasteiger partial charge on any atom is 0.236 e. The Bertz CT molecular complexity index is 1140. The fraction of sp³-hybridized carbons (Fsp3) is 0.348. The predicted octanol–water partition coefficient (Wildman–Crippen LogP) is 2.07. The van der Waals surface area contributed by atoms with E-state index in [4.69, 9.17) is 16.3 Å². The van der Waals surface area contributed by atoms with Crippen LogP contribution >= 0.6 is 11.6 Å². The molecule has 0 aliphatic carbocycles. The average molecular weight is 484 g/mol. The first kappa shape index (κ1) is 23.5. The molecule has 1 saturated heterocycles. The number of imidazole rings is 1. The standard InChI is InChI=1S/C23H26ClN7O3/c1-16(32)31-10-9-29(22-20(24)13-27-23(28-22)30-8-7-25-15-30)14-18(31)11-21(33)26-12-17-3-5-19(34-2)6-4-17/h3-8,13,15,18H,9-12,14H2,1-2H3,(H,26,33). The van der Waals surface area contributed by atoms with Gasteiger partial charge in [-0.05, 0) is 17.7 Å². The number of piperazine rings is 1. The van der Waals surface area contributed by atoms with E-state index in [0.717, 1.165) is 11.3 Å². The first-order chi connectivity index (χ1) is 16.4. The van der Waals surface area contributed by atoms with Gasteiger partial charge in [0.2, 0.25) is 17.8 Å². The van der Waals surface area contributed by atoms with E-state index >= 15 is 0 Å². The van der Waals surface area contributed by atoms with Crippen molar-refractivity contribution in [3.8, 4) is 11.7 Å². The zero-order valence-corrected chi connectivity index (χ0v) is 19.8. The first-order valence-electron chi connectivity index (χ1n) is 10.9. The molecule has 2 aromatic heterocycles. The number of aromatic nitrogens is 4. The summed E-state index contributed by atoms with van der Waals surface area (Å²) in [6.45, 7) is 3.35. The van der Waals surface area contributed by atoms with Gasteiger partial charge in [0.15, 0.2) is 5.82 Å². The number of hydrogen-bond donors (Lipinski definition) is 1. The lowest BCUT2D eigenvalue weighted by Gasteiger charge is -2.41. The molecule has 1 unspecified atom stereocenters. The number of rotatable bonds is 7. The fourth-order valence-corrected chi connectivity index (χ4v) is 4.15. The normalized spacial score (nSPS) is 15.8. The van der Waals surface area contributed by atoms with Crippen molar-refractivity contribution in [1.82, 2.24) is 29.7 Å². The zero-order chi connectivity index (χ0) is 24.1. The Labute approximate surface area is 202 Å². The topological polar surface area (TPSA) is 105 Å². The second kappa shape index (κ2) is 10.5. The highest BCUT2D eigenvalue weighted by molar-refractivity contribution is 6.32. The van der Waals surface area contributed by atoms with Crippen LogP contribution in [0.15, 0.2) is 49.2 Å². The van der Waals surface area contributed by atoms with Crippen LogP contribution in [-0.2, 0) is 16.1 Å². The van der Waals surface area contributed by atoms with Crippen molar-refractivity contribution in [2.75, 3.05) is 31.6 Å². The van der Waals surface area contributed by atoms with E-state index in [1.807, 2.05) is 29.2 Å². The molecule has 10 nitrogen and oxygen atoms in total. The Balaban J connectivity index is 1.44. The summed E-state index contributed by atoms with van der Waals surface area (Å²) in [6.07, 6.45) is 6.72. The number of methoxy groups -OCH3 is 1. The van der Waals surface area contributed by atoms with E-state index in [-0.39, 0.29) is 24.3 Å². The van der Waals surface area contributed by atoms with Gasteiger partial charge in [-0.3, -0.25) is 14.2 Å². The molecule has 3 heterocycles. The molecule has 0 bridgehead atoms. The number of nitrogens with zero attached hydrogens (tertiary/aromatic N) is 6. The summed E-state index contributed by atoms with van der Waals surface area (Å²) in [5.41, 5.74) is 0.961. The van der Waals surface area contributed by atoms with Crippen LogP contribution in [0.3, 0.4) is 0 Å². The van der Waals surface area contributed by atoms with Crippen LogP contribution in [0.1, 0.15) is 18.9 Å². The van der Waals surface area contributed by atoms with E-state index in [0.29, 0.717) is 43.0 Å². The van der Waals surface area contributed by atoms with Gasteiger partial charge in [-0.2, -0.15) is 4.98 Å². The molecule has 11 heteroatoms. The number of nitrogens with one attached hydrogen (secondary N) is 1. The van der Waals surface area contributed by atoms with Crippen LogP contribution < -0.4 is 15.0 Å². The van der Waals surface area contributed by atoms with Crippen molar-refractivity contribution >= 4 is 29.2 Å².